The fourth-order valence-corrected chi connectivity index (χ4v) is 1.69. The third kappa shape index (κ3) is 3.62. The van der Waals surface area contributed by atoms with Crippen LogP contribution in [-0.2, 0) is 17.7 Å². The summed E-state index contributed by atoms with van der Waals surface area (Å²) in [6, 6.07) is 3.94. The van der Waals surface area contributed by atoms with Crippen molar-refractivity contribution in [1.29, 1.82) is 0 Å². The van der Waals surface area contributed by atoms with E-state index in [1.165, 1.54) is 4.88 Å². The molecule has 0 fully saturated rings. The van der Waals surface area contributed by atoms with Gasteiger partial charge in [0.15, 0.2) is 0 Å². The summed E-state index contributed by atoms with van der Waals surface area (Å²) < 4.78 is 22.3. The molecule has 0 aliphatic carbocycles. The van der Waals surface area contributed by atoms with Crippen LogP contribution in [-0.4, -0.2) is 15.3 Å². The van der Waals surface area contributed by atoms with Gasteiger partial charge in [-0.15, -0.1) is 11.3 Å². The molecule has 0 amide bonds. The van der Waals surface area contributed by atoms with Crippen LogP contribution in [0.2, 0.25) is 0 Å². The van der Waals surface area contributed by atoms with Gasteiger partial charge in [0.1, 0.15) is 0 Å². The van der Waals surface area contributed by atoms with Crippen LogP contribution in [0.5, 0.6) is 0 Å². The van der Waals surface area contributed by atoms with Crippen LogP contribution in [0, 0.1) is 0 Å². The molecule has 0 aliphatic heterocycles. The van der Waals surface area contributed by atoms with Crippen molar-refractivity contribution in [2.24, 2.45) is 0 Å². The highest BCUT2D eigenvalue weighted by Gasteiger charge is 1.91. The van der Waals surface area contributed by atoms with Gasteiger partial charge in [0.2, 0.25) is 0 Å². The summed E-state index contributed by atoms with van der Waals surface area (Å²) in [5.41, 5.74) is 0. The summed E-state index contributed by atoms with van der Waals surface area (Å²) in [5, 5.41) is 1.98. The van der Waals surface area contributed by atoms with Gasteiger partial charge < -0.3 is 4.55 Å². The Labute approximate surface area is 71.9 Å². The standard InChI is InChI=1S/C6H9NO2S2/c8-11(9)7-4-3-6-2-1-5-10-6/h1-2,5,7H,3-4H2,(H,8,9)/p-1. The van der Waals surface area contributed by atoms with E-state index in [-0.39, 0.29) is 0 Å². The van der Waals surface area contributed by atoms with E-state index < -0.39 is 11.3 Å². The molecule has 0 aromatic carbocycles. The summed E-state index contributed by atoms with van der Waals surface area (Å²) in [7, 11) is 0. The van der Waals surface area contributed by atoms with Gasteiger partial charge in [-0.1, -0.05) is 6.07 Å². The molecule has 1 unspecified atom stereocenters. The number of nitrogens with one attached hydrogen (secondary N) is 1. The topological polar surface area (TPSA) is 52.2 Å². The maximum Gasteiger partial charge on any atom is 0.0181 e. The molecule has 1 aromatic heterocycles. The van der Waals surface area contributed by atoms with Gasteiger partial charge in [-0.2, -0.15) is 0 Å². The Morgan fingerprint density at radius 1 is 1.73 bits per heavy atom. The van der Waals surface area contributed by atoms with E-state index in [0.29, 0.717) is 6.54 Å². The first-order valence-electron chi connectivity index (χ1n) is 3.14. The number of rotatable bonds is 4. The first-order valence-corrected chi connectivity index (χ1v) is 5.09. The molecule has 0 radical (unpaired) electrons. The minimum atomic E-state index is -2.12. The zero-order valence-corrected chi connectivity index (χ0v) is 7.41. The Kier molecular flexibility index (Phi) is 3.71. The Morgan fingerprint density at radius 3 is 3.09 bits per heavy atom. The Bertz CT molecular complexity index is 222. The first-order chi connectivity index (χ1) is 5.29. The van der Waals surface area contributed by atoms with Gasteiger partial charge in [0.25, 0.3) is 0 Å². The average molecular weight is 190 g/mol. The molecule has 0 spiro atoms. The third-order valence-electron chi connectivity index (χ3n) is 1.17. The van der Waals surface area contributed by atoms with Gasteiger partial charge >= 0.3 is 0 Å². The monoisotopic (exact) mass is 190 g/mol. The lowest BCUT2D eigenvalue weighted by molar-refractivity contribution is 0.523. The van der Waals surface area contributed by atoms with Crippen molar-refractivity contribution in [3.05, 3.63) is 22.4 Å². The SMILES string of the molecule is O=S([O-])NCCc1cccs1. The van der Waals surface area contributed by atoms with Crippen molar-refractivity contribution in [2.75, 3.05) is 6.54 Å². The molecular weight excluding hydrogens is 182 g/mol. The van der Waals surface area contributed by atoms with E-state index in [4.69, 9.17) is 0 Å². The van der Waals surface area contributed by atoms with E-state index in [9.17, 15) is 8.76 Å². The number of hydrogen-bond acceptors (Lipinski definition) is 3. The summed E-state index contributed by atoms with van der Waals surface area (Å²) >= 11 is -0.489. The summed E-state index contributed by atoms with van der Waals surface area (Å²) in [6.45, 7) is 0.483. The largest absolute Gasteiger partial charge is 0.760 e. The lowest BCUT2D eigenvalue weighted by atomic mass is 10.3. The van der Waals surface area contributed by atoms with E-state index in [0.717, 1.165) is 6.42 Å². The van der Waals surface area contributed by atoms with Gasteiger partial charge in [-0.25, -0.2) is 4.72 Å². The lowest BCUT2D eigenvalue weighted by Gasteiger charge is -2.04. The molecule has 11 heavy (non-hydrogen) atoms. The molecule has 0 aliphatic rings. The number of hydrogen-bond donors (Lipinski definition) is 1. The second kappa shape index (κ2) is 4.61. The van der Waals surface area contributed by atoms with Crippen LogP contribution in [0.15, 0.2) is 17.5 Å². The quantitative estimate of drug-likeness (QED) is 0.710. The molecule has 0 saturated heterocycles. The molecule has 0 saturated carbocycles. The predicted octanol–water partition coefficient (Wildman–Crippen LogP) is 0.674. The van der Waals surface area contributed by atoms with E-state index in [1.807, 2.05) is 17.5 Å². The summed E-state index contributed by atoms with van der Waals surface area (Å²) in [4.78, 5) is 1.20. The molecule has 1 aromatic rings. The van der Waals surface area contributed by atoms with Crippen LogP contribution in [0.3, 0.4) is 0 Å². The minimum Gasteiger partial charge on any atom is -0.760 e. The zero-order chi connectivity index (χ0) is 8.10. The van der Waals surface area contributed by atoms with E-state index in [2.05, 4.69) is 4.72 Å². The van der Waals surface area contributed by atoms with Crippen LogP contribution < -0.4 is 4.72 Å². The number of thiophene rings is 1. The smallest absolute Gasteiger partial charge is 0.0181 e. The predicted molar refractivity (Wildman–Crippen MR) is 44.9 cm³/mol. The van der Waals surface area contributed by atoms with Crippen LogP contribution in [0.1, 0.15) is 4.88 Å². The van der Waals surface area contributed by atoms with Crippen molar-refractivity contribution < 1.29 is 8.76 Å². The fourth-order valence-electron chi connectivity index (χ4n) is 0.712. The van der Waals surface area contributed by atoms with Gasteiger partial charge in [0.05, 0.1) is 0 Å². The van der Waals surface area contributed by atoms with Crippen molar-refractivity contribution in [2.45, 2.75) is 6.42 Å². The lowest BCUT2D eigenvalue weighted by Crippen LogP contribution is -2.18. The highest BCUT2D eigenvalue weighted by atomic mass is 32.2. The molecule has 3 nitrogen and oxygen atoms in total. The van der Waals surface area contributed by atoms with Crippen molar-refractivity contribution >= 4 is 22.6 Å². The van der Waals surface area contributed by atoms with Gasteiger partial charge in [-0.3, -0.25) is 4.21 Å². The molecule has 5 heteroatoms. The van der Waals surface area contributed by atoms with Crippen molar-refractivity contribution in [3.63, 3.8) is 0 Å². The zero-order valence-electron chi connectivity index (χ0n) is 5.78. The highest BCUT2D eigenvalue weighted by Crippen LogP contribution is 2.07. The Morgan fingerprint density at radius 2 is 2.55 bits per heavy atom. The molecular formula is C6H8NO2S2-. The normalized spacial score (nSPS) is 13.2. The molecule has 1 N–H and O–H groups in total. The van der Waals surface area contributed by atoms with Crippen LogP contribution >= 0.6 is 11.3 Å². The summed E-state index contributed by atoms with van der Waals surface area (Å²) in [5.74, 6) is 0. The van der Waals surface area contributed by atoms with Crippen molar-refractivity contribution in [1.82, 2.24) is 4.72 Å². The molecule has 1 heterocycles. The fraction of sp³-hybridized carbons (Fsp3) is 0.333. The van der Waals surface area contributed by atoms with Gasteiger partial charge in [-0.05, 0) is 17.9 Å². The minimum absolute atomic E-state index is 0.483. The molecule has 1 rings (SSSR count). The highest BCUT2D eigenvalue weighted by molar-refractivity contribution is 7.77. The first kappa shape index (κ1) is 8.86. The van der Waals surface area contributed by atoms with Gasteiger partial charge in [0, 0.05) is 22.7 Å². The maximum absolute atomic E-state index is 10.0. The van der Waals surface area contributed by atoms with Crippen molar-refractivity contribution in [3.8, 4) is 0 Å². The maximum atomic E-state index is 10.0. The van der Waals surface area contributed by atoms with Crippen LogP contribution in [0.4, 0.5) is 0 Å². The molecule has 62 valence electrons. The van der Waals surface area contributed by atoms with Crippen LogP contribution in [0.25, 0.3) is 0 Å². The Hall–Kier alpha value is -0.230. The third-order valence-corrected chi connectivity index (χ3v) is 2.55. The summed E-state index contributed by atoms with van der Waals surface area (Å²) in [6.07, 6.45) is 0.769. The second-order valence-corrected chi connectivity index (χ2v) is 3.75. The second-order valence-electron chi connectivity index (χ2n) is 1.96. The van der Waals surface area contributed by atoms with E-state index in [1.54, 1.807) is 11.3 Å². The van der Waals surface area contributed by atoms with E-state index >= 15 is 0 Å². The molecule has 1 atom stereocenters. The molecule has 0 bridgehead atoms. The average Bonchev–Trinajstić information content (AvgIpc) is 2.39. The Balaban J connectivity index is 2.19.